The van der Waals surface area contributed by atoms with Gasteiger partial charge >= 0.3 is 0 Å². The molecule has 0 fully saturated rings. The zero-order valence-corrected chi connectivity index (χ0v) is 15.3. The average molecular weight is 364 g/mol. The largest absolute Gasteiger partial charge is 0.325 e. The molecule has 138 valence electrons. The number of carbonyl (C=O) groups excluding carboxylic acids is 1. The first kappa shape index (κ1) is 18.5. The summed E-state index contributed by atoms with van der Waals surface area (Å²) in [7, 11) is 0. The van der Waals surface area contributed by atoms with Crippen LogP contribution in [0.25, 0.3) is 0 Å². The van der Waals surface area contributed by atoms with Crippen molar-refractivity contribution in [3.63, 3.8) is 0 Å². The van der Waals surface area contributed by atoms with Gasteiger partial charge < -0.3 is 10.2 Å². The maximum Gasteiger partial charge on any atom is 0.230 e. The maximum atomic E-state index is 13.6. The van der Waals surface area contributed by atoms with Gasteiger partial charge in [-0.25, -0.2) is 4.39 Å². The maximum absolute atomic E-state index is 13.6. The van der Waals surface area contributed by atoms with Crippen LogP contribution in [-0.2, 0) is 11.2 Å². The molecule has 2 aromatic carbocycles. The van der Waals surface area contributed by atoms with Crippen molar-refractivity contribution in [1.29, 1.82) is 0 Å². The monoisotopic (exact) mass is 364 g/mol. The lowest BCUT2D eigenvalue weighted by Gasteiger charge is -2.22. The van der Waals surface area contributed by atoms with E-state index in [9.17, 15) is 9.18 Å². The summed E-state index contributed by atoms with van der Waals surface area (Å²) in [5, 5.41) is 11.0. The lowest BCUT2D eigenvalue weighted by atomic mass is 10.1. The van der Waals surface area contributed by atoms with Gasteiger partial charge in [0, 0.05) is 12.2 Å². The Hall–Kier alpha value is -3.28. The van der Waals surface area contributed by atoms with Crippen LogP contribution in [0.5, 0.6) is 0 Å². The molecule has 0 unspecified atom stereocenters. The van der Waals surface area contributed by atoms with E-state index in [4.69, 9.17) is 0 Å². The molecule has 3 aromatic rings. The Balaban J connectivity index is 1.69. The second-order valence-electron chi connectivity index (χ2n) is 6.18. The van der Waals surface area contributed by atoms with Crippen molar-refractivity contribution in [2.75, 3.05) is 16.8 Å². The van der Waals surface area contributed by atoms with Crippen molar-refractivity contribution in [1.82, 2.24) is 10.2 Å². The van der Waals surface area contributed by atoms with Crippen LogP contribution in [0.1, 0.15) is 18.1 Å². The quantitative estimate of drug-likeness (QED) is 0.710. The van der Waals surface area contributed by atoms with Crippen molar-refractivity contribution in [2.45, 2.75) is 20.3 Å². The molecule has 1 heterocycles. The van der Waals surface area contributed by atoms with Gasteiger partial charge in [0.15, 0.2) is 11.6 Å². The number of rotatable bonds is 6. The highest BCUT2D eigenvalue weighted by molar-refractivity contribution is 5.91. The molecular weight excluding hydrogens is 343 g/mol. The van der Waals surface area contributed by atoms with Crippen molar-refractivity contribution in [3.05, 3.63) is 77.6 Å². The number of benzene rings is 2. The minimum atomic E-state index is -0.397. The Morgan fingerprint density at radius 2 is 1.89 bits per heavy atom. The second-order valence-corrected chi connectivity index (χ2v) is 6.18. The standard InChI is InChI=1S/C21H21FN4O/c1-3-26(17-9-6-7-15(2)13-17)20-12-11-19(24-25-20)23-21(27)14-16-8-4-5-10-18(16)22/h4-13H,3,14H2,1-2H3,(H,23,24,27). The van der Waals surface area contributed by atoms with Gasteiger partial charge in [-0.15, -0.1) is 10.2 Å². The van der Waals surface area contributed by atoms with E-state index in [0.717, 1.165) is 17.8 Å². The van der Waals surface area contributed by atoms with Crippen LogP contribution in [0.3, 0.4) is 0 Å². The molecule has 1 aromatic heterocycles. The van der Waals surface area contributed by atoms with Gasteiger partial charge in [0.2, 0.25) is 5.91 Å². The van der Waals surface area contributed by atoms with Crippen molar-refractivity contribution in [3.8, 4) is 0 Å². The number of nitrogens with zero attached hydrogens (tertiary/aromatic N) is 3. The lowest BCUT2D eigenvalue weighted by Crippen LogP contribution is -2.19. The SMILES string of the molecule is CCN(c1cccc(C)c1)c1ccc(NC(=O)Cc2ccccc2F)nn1. The third kappa shape index (κ3) is 4.67. The molecule has 0 aliphatic rings. The van der Waals surface area contributed by atoms with E-state index in [-0.39, 0.29) is 12.3 Å². The van der Waals surface area contributed by atoms with Gasteiger partial charge in [-0.2, -0.15) is 0 Å². The minimum absolute atomic E-state index is 0.0551. The van der Waals surface area contributed by atoms with E-state index in [1.807, 2.05) is 36.9 Å². The van der Waals surface area contributed by atoms with Crippen LogP contribution >= 0.6 is 0 Å². The summed E-state index contributed by atoms with van der Waals surface area (Å²) in [6.07, 6.45) is -0.0551. The number of anilines is 3. The summed E-state index contributed by atoms with van der Waals surface area (Å²) in [5.41, 5.74) is 2.54. The van der Waals surface area contributed by atoms with Gasteiger partial charge in [-0.05, 0) is 55.3 Å². The summed E-state index contributed by atoms with van der Waals surface area (Å²) in [5.74, 6) is 0.287. The fourth-order valence-electron chi connectivity index (χ4n) is 2.81. The molecule has 0 spiro atoms. The second kappa shape index (κ2) is 8.40. The molecule has 0 saturated heterocycles. The number of halogens is 1. The van der Waals surface area contributed by atoms with Crippen LogP contribution < -0.4 is 10.2 Å². The summed E-state index contributed by atoms with van der Waals surface area (Å²) < 4.78 is 13.6. The number of aromatic nitrogens is 2. The first-order valence-corrected chi connectivity index (χ1v) is 8.78. The molecule has 0 saturated carbocycles. The average Bonchev–Trinajstić information content (AvgIpc) is 2.66. The van der Waals surface area contributed by atoms with E-state index in [1.54, 1.807) is 30.3 Å². The number of amides is 1. The Labute approximate surface area is 157 Å². The Bertz CT molecular complexity index is 927. The molecule has 6 heteroatoms. The topological polar surface area (TPSA) is 58.1 Å². The molecule has 0 aliphatic heterocycles. The van der Waals surface area contributed by atoms with Crippen LogP contribution in [-0.4, -0.2) is 22.6 Å². The molecule has 5 nitrogen and oxygen atoms in total. The van der Waals surface area contributed by atoms with E-state index in [2.05, 4.69) is 21.6 Å². The van der Waals surface area contributed by atoms with Crippen molar-refractivity contribution < 1.29 is 9.18 Å². The zero-order valence-electron chi connectivity index (χ0n) is 15.3. The Morgan fingerprint density at radius 1 is 1.07 bits per heavy atom. The predicted octanol–water partition coefficient (Wildman–Crippen LogP) is 4.26. The molecule has 0 radical (unpaired) electrons. The molecule has 1 amide bonds. The Kier molecular flexibility index (Phi) is 5.76. The summed E-state index contributed by atoms with van der Waals surface area (Å²) >= 11 is 0. The normalized spacial score (nSPS) is 10.5. The summed E-state index contributed by atoms with van der Waals surface area (Å²) in [6, 6.07) is 17.8. The third-order valence-corrected chi connectivity index (χ3v) is 4.13. The van der Waals surface area contributed by atoms with E-state index in [0.29, 0.717) is 17.2 Å². The number of hydrogen-bond acceptors (Lipinski definition) is 4. The first-order valence-electron chi connectivity index (χ1n) is 8.78. The molecule has 0 aliphatic carbocycles. The van der Waals surface area contributed by atoms with E-state index in [1.165, 1.54) is 6.07 Å². The Morgan fingerprint density at radius 3 is 2.56 bits per heavy atom. The fraction of sp³-hybridized carbons (Fsp3) is 0.190. The van der Waals surface area contributed by atoms with Crippen LogP contribution in [0, 0.1) is 12.7 Å². The van der Waals surface area contributed by atoms with Gasteiger partial charge in [-0.1, -0.05) is 30.3 Å². The smallest absolute Gasteiger partial charge is 0.230 e. The van der Waals surface area contributed by atoms with E-state index >= 15 is 0 Å². The number of carbonyl (C=O) groups is 1. The molecular formula is C21H21FN4O. The zero-order chi connectivity index (χ0) is 19.2. The lowest BCUT2D eigenvalue weighted by molar-refractivity contribution is -0.115. The summed E-state index contributed by atoms with van der Waals surface area (Å²) in [6.45, 7) is 4.81. The number of hydrogen-bond donors (Lipinski definition) is 1. The highest BCUT2D eigenvalue weighted by Crippen LogP contribution is 2.24. The van der Waals surface area contributed by atoms with Gasteiger partial charge in [0.1, 0.15) is 5.82 Å². The van der Waals surface area contributed by atoms with Crippen molar-refractivity contribution in [2.24, 2.45) is 0 Å². The van der Waals surface area contributed by atoms with Crippen LogP contribution in [0.15, 0.2) is 60.7 Å². The van der Waals surface area contributed by atoms with Crippen molar-refractivity contribution >= 4 is 23.2 Å². The summed E-state index contributed by atoms with van der Waals surface area (Å²) in [4.78, 5) is 14.1. The molecule has 3 rings (SSSR count). The first-order chi connectivity index (χ1) is 13.1. The fourth-order valence-corrected chi connectivity index (χ4v) is 2.81. The number of nitrogens with one attached hydrogen (secondary N) is 1. The van der Waals surface area contributed by atoms with Crippen LogP contribution in [0.2, 0.25) is 0 Å². The molecule has 27 heavy (non-hydrogen) atoms. The molecule has 1 N–H and O–H groups in total. The number of aryl methyl sites for hydroxylation is 1. The van der Waals surface area contributed by atoms with Gasteiger partial charge in [0.25, 0.3) is 0 Å². The third-order valence-electron chi connectivity index (χ3n) is 4.13. The van der Waals surface area contributed by atoms with Gasteiger partial charge in [-0.3, -0.25) is 4.79 Å². The van der Waals surface area contributed by atoms with E-state index < -0.39 is 5.82 Å². The predicted molar refractivity (Wildman–Crippen MR) is 105 cm³/mol. The molecule has 0 bridgehead atoms. The molecule has 0 atom stereocenters. The minimum Gasteiger partial charge on any atom is -0.325 e. The highest BCUT2D eigenvalue weighted by Gasteiger charge is 2.12. The highest BCUT2D eigenvalue weighted by atomic mass is 19.1. The van der Waals surface area contributed by atoms with Crippen LogP contribution in [0.4, 0.5) is 21.7 Å². The van der Waals surface area contributed by atoms with Gasteiger partial charge in [0.05, 0.1) is 6.42 Å².